The number of hydrogen-bond acceptors (Lipinski definition) is 4. The molecule has 170 valence electrons. The Morgan fingerprint density at radius 3 is 2.43 bits per heavy atom. The topological polar surface area (TPSA) is 98.0 Å². The van der Waals surface area contributed by atoms with Crippen LogP contribution in [0.25, 0.3) is 0 Å². The Labute approximate surface area is 180 Å². The molecule has 2 saturated carbocycles. The molecule has 0 aromatic rings. The zero-order chi connectivity index (χ0) is 22.5. The van der Waals surface area contributed by atoms with Crippen LogP contribution in [0.1, 0.15) is 79.6 Å². The monoisotopic (exact) mass is 420 g/mol. The van der Waals surface area contributed by atoms with Gasteiger partial charge in [-0.3, -0.25) is 4.79 Å². The number of carboxylic acids is 1. The van der Waals surface area contributed by atoms with Gasteiger partial charge in [-0.15, -0.1) is 0 Å². The summed E-state index contributed by atoms with van der Waals surface area (Å²) in [5.74, 6) is -0.870. The van der Waals surface area contributed by atoms with E-state index >= 15 is 0 Å². The lowest BCUT2D eigenvalue weighted by atomic mass is 9.67. The van der Waals surface area contributed by atoms with E-state index in [1.54, 1.807) is 13.8 Å². The van der Waals surface area contributed by atoms with Crippen LogP contribution < -0.4 is 0 Å². The van der Waals surface area contributed by atoms with Crippen LogP contribution in [-0.2, 0) is 4.79 Å². The Balaban J connectivity index is 2.03. The molecule has 3 aliphatic rings. The molecule has 0 saturated heterocycles. The van der Waals surface area contributed by atoms with Gasteiger partial charge in [0.1, 0.15) is 0 Å². The minimum Gasteiger partial charge on any atom is -0.481 e. The Morgan fingerprint density at radius 1 is 1.13 bits per heavy atom. The van der Waals surface area contributed by atoms with Crippen molar-refractivity contribution in [1.29, 1.82) is 0 Å². The molecule has 3 rings (SSSR count). The fourth-order valence-corrected chi connectivity index (χ4v) is 6.40. The average Bonchev–Trinajstić information content (AvgIpc) is 3.12. The summed E-state index contributed by atoms with van der Waals surface area (Å²) in [4.78, 5) is 11.8. The third-order valence-electron chi connectivity index (χ3n) is 8.77. The SMILES string of the molecule is C/C1=C/C[C@@H]2[C@H]([C@H](C)C(=O)O)CC[C@@]2(C)C[C@@H](O)[C@@](C)(O)C/C=C2\[C@H]1CC[C@@]2(C)O. The number of carbonyl (C=O) groups is 1. The van der Waals surface area contributed by atoms with E-state index in [0.29, 0.717) is 19.3 Å². The second-order valence-electron chi connectivity index (χ2n) is 11.1. The van der Waals surface area contributed by atoms with Crippen molar-refractivity contribution in [2.75, 3.05) is 0 Å². The number of hydrogen-bond donors (Lipinski definition) is 4. The van der Waals surface area contributed by atoms with E-state index in [1.807, 2.05) is 13.0 Å². The number of aliphatic hydroxyl groups excluding tert-OH is 1. The van der Waals surface area contributed by atoms with Crippen LogP contribution in [-0.4, -0.2) is 43.7 Å². The molecule has 30 heavy (non-hydrogen) atoms. The van der Waals surface area contributed by atoms with Crippen LogP contribution in [0.4, 0.5) is 0 Å². The summed E-state index contributed by atoms with van der Waals surface area (Å²) in [6.07, 6.45) is 8.04. The highest BCUT2D eigenvalue weighted by atomic mass is 16.4. The van der Waals surface area contributed by atoms with Gasteiger partial charge in [-0.25, -0.2) is 0 Å². The molecule has 0 heterocycles. The van der Waals surface area contributed by atoms with Crippen molar-refractivity contribution >= 4 is 5.97 Å². The predicted molar refractivity (Wildman–Crippen MR) is 117 cm³/mol. The van der Waals surface area contributed by atoms with E-state index in [-0.39, 0.29) is 23.2 Å². The molecule has 5 heteroatoms. The summed E-state index contributed by atoms with van der Waals surface area (Å²) in [6.45, 7) is 9.57. The molecule has 3 aliphatic carbocycles. The van der Waals surface area contributed by atoms with Gasteiger partial charge in [-0.1, -0.05) is 31.6 Å². The van der Waals surface area contributed by atoms with Gasteiger partial charge >= 0.3 is 5.97 Å². The van der Waals surface area contributed by atoms with Crippen LogP contribution in [0.15, 0.2) is 23.3 Å². The maximum atomic E-state index is 11.8. The summed E-state index contributed by atoms with van der Waals surface area (Å²) in [7, 11) is 0. The van der Waals surface area contributed by atoms with Crippen molar-refractivity contribution in [2.24, 2.45) is 29.1 Å². The fraction of sp³-hybridized carbons (Fsp3) is 0.800. The lowest BCUT2D eigenvalue weighted by Gasteiger charge is -2.40. The molecule has 0 aromatic carbocycles. The summed E-state index contributed by atoms with van der Waals surface area (Å²) in [5.41, 5.74) is -0.254. The molecule has 2 fully saturated rings. The quantitative estimate of drug-likeness (QED) is 0.505. The van der Waals surface area contributed by atoms with Crippen LogP contribution in [0.2, 0.25) is 0 Å². The van der Waals surface area contributed by atoms with Crippen molar-refractivity contribution in [1.82, 2.24) is 0 Å². The molecule has 5 nitrogen and oxygen atoms in total. The largest absolute Gasteiger partial charge is 0.481 e. The van der Waals surface area contributed by atoms with Gasteiger partial charge in [0.2, 0.25) is 0 Å². The van der Waals surface area contributed by atoms with E-state index in [9.17, 15) is 25.2 Å². The zero-order valence-electron chi connectivity index (χ0n) is 19.2. The molecule has 0 amide bonds. The third kappa shape index (κ3) is 4.26. The first-order chi connectivity index (χ1) is 13.8. The predicted octanol–water partition coefficient (Wildman–Crippen LogP) is 4.07. The molecule has 0 aromatic heterocycles. The van der Waals surface area contributed by atoms with E-state index in [4.69, 9.17) is 0 Å². The molecule has 8 atom stereocenters. The molecule has 0 spiro atoms. The minimum absolute atomic E-state index is 0.0540. The van der Waals surface area contributed by atoms with E-state index < -0.39 is 29.2 Å². The van der Waals surface area contributed by atoms with Crippen molar-refractivity contribution in [2.45, 2.75) is 96.9 Å². The van der Waals surface area contributed by atoms with Crippen molar-refractivity contribution in [3.63, 3.8) is 0 Å². The van der Waals surface area contributed by atoms with Crippen LogP contribution in [0.3, 0.4) is 0 Å². The highest BCUT2D eigenvalue weighted by Crippen LogP contribution is 2.55. The maximum Gasteiger partial charge on any atom is 0.306 e. The van der Waals surface area contributed by atoms with Gasteiger partial charge in [0.15, 0.2) is 0 Å². The summed E-state index contributed by atoms with van der Waals surface area (Å²) < 4.78 is 0. The highest BCUT2D eigenvalue weighted by Gasteiger charge is 2.50. The zero-order valence-corrected chi connectivity index (χ0v) is 19.2. The molecule has 0 bridgehead atoms. The summed E-state index contributed by atoms with van der Waals surface area (Å²) >= 11 is 0. The standard InChI is InChI=1S/C25H40O5/c1-15-6-7-19-18(16(2)22(27)28)8-11-23(19,3)14-21(26)25(5,30)13-10-20-17(15)9-12-24(20,4)29/h6,10,16-19,21,26,29-30H,7-9,11-14H2,1-5H3,(H,27,28)/b15-6-,20-10+/t16-,17-,18-,19+,21+,23-,24+,25-/m0/s1. The van der Waals surface area contributed by atoms with Gasteiger partial charge < -0.3 is 20.4 Å². The van der Waals surface area contributed by atoms with Gasteiger partial charge in [-0.05, 0) is 88.5 Å². The molecule has 4 N–H and O–H groups in total. The van der Waals surface area contributed by atoms with Gasteiger partial charge in [-0.2, -0.15) is 0 Å². The first-order valence-corrected chi connectivity index (χ1v) is 11.5. The van der Waals surface area contributed by atoms with E-state index in [0.717, 1.165) is 31.3 Å². The smallest absolute Gasteiger partial charge is 0.306 e. The van der Waals surface area contributed by atoms with Crippen molar-refractivity contribution < 1.29 is 25.2 Å². The number of carboxylic acid groups (broad SMARTS) is 1. The molecule has 0 unspecified atom stereocenters. The Morgan fingerprint density at radius 2 is 1.80 bits per heavy atom. The molecular formula is C25H40O5. The number of rotatable bonds is 2. The minimum atomic E-state index is -1.29. The van der Waals surface area contributed by atoms with Gasteiger partial charge in [0.05, 0.1) is 23.2 Å². The number of aliphatic carboxylic acids is 1. The Bertz CT molecular complexity index is 734. The average molecular weight is 421 g/mol. The normalized spacial score (nSPS) is 49.5. The van der Waals surface area contributed by atoms with Crippen LogP contribution >= 0.6 is 0 Å². The number of allylic oxidation sites excluding steroid dienone is 2. The third-order valence-corrected chi connectivity index (χ3v) is 8.77. The van der Waals surface area contributed by atoms with Crippen molar-refractivity contribution in [3.05, 3.63) is 23.3 Å². The number of aliphatic hydroxyl groups is 3. The van der Waals surface area contributed by atoms with Crippen LogP contribution in [0, 0.1) is 29.1 Å². The number of fused-ring (bicyclic) bond motifs is 2. The van der Waals surface area contributed by atoms with E-state index in [1.165, 1.54) is 5.57 Å². The first-order valence-electron chi connectivity index (χ1n) is 11.5. The first kappa shape index (κ1) is 23.5. The molecule has 0 aliphatic heterocycles. The summed E-state index contributed by atoms with van der Waals surface area (Å²) in [6, 6.07) is 0. The molecular weight excluding hydrogens is 380 g/mol. The summed E-state index contributed by atoms with van der Waals surface area (Å²) in [5, 5.41) is 42.7. The molecule has 0 radical (unpaired) electrons. The maximum absolute atomic E-state index is 11.8. The van der Waals surface area contributed by atoms with Crippen LogP contribution in [0.5, 0.6) is 0 Å². The van der Waals surface area contributed by atoms with Crippen molar-refractivity contribution in [3.8, 4) is 0 Å². The Hall–Kier alpha value is -1.17. The van der Waals surface area contributed by atoms with E-state index in [2.05, 4.69) is 19.9 Å². The fourth-order valence-electron chi connectivity index (χ4n) is 6.40. The second kappa shape index (κ2) is 8.07. The highest BCUT2D eigenvalue weighted by molar-refractivity contribution is 5.70. The van der Waals surface area contributed by atoms with Gasteiger partial charge in [0.25, 0.3) is 0 Å². The second-order valence-corrected chi connectivity index (χ2v) is 11.1. The van der Waals surface area contributed by atoms with Gasteiger partial charge in [0, 0.05) is 5.92 Å². The lowest BCUT2D eigenvalue weighted by Crippen LogP contribution is -2.44. The lowest BCUT2D eigenvalue weighted by molar-refractivity contribution is -0.144. The Kier molecular flexibility index (Phi) is 6.32.